The zero-order chi connectivity index (χ0) is 24.7. The summed E-state index contributed by atoms with van der Waals surface area (Å²) < 4.78 is 2.44. The number of imidazole rings is 1. The molecule has 36 heavy (non-hydrogen) atoms. The summed E-state index contributed by atoms with van der Waals surface area (Å²) in [7, 11) is 0. The van der Waals surface area contributed by atoms with Crippen LogP contribution in [0.2, 0.25) is 0 Å². The Bertz CT molecular complexity index is 1410. The molecule has 0 aliphatic carbocycles. The van der Waals surface area contributed by atoms with Crippen molar-refractivity contribution in [2.24, 2.45) is 0 Å². The SMILES string of the molecule is CCCCn1c(CN(Cc2ccccc2C)Cc2cccc3ccccc23)cnc1-c1ccccc1. The zero-order valence-electron chi connectivity index (χ0n) is 21.4. The fraction of sp³-hybridized carbons (Fsp3) is 0.242. The van der Waals surface area contributed by atoms with E-state index in [9.17, 15) is 0 Å². The van der Waals surface area contributed by atoms with Gasteiger partial charge in [-0.15, -0.1) is 0 Å². The van der Waals surface area contributed by atoms with Gasteiger partial charge in [0.15, 0.2) is 0 Å². The smallest absolute Gasteiger partial charge is 0.140 e. The van der Waals surface area contributed by atoms with Gasteiger partial charge in [-0.25, -0.2) is 4.98 Å². The van der Waals surface area contributed by atoms with Crippen LogP contribution in [0.1, 0.15) is 42.1 Å². The van der Waals surface area contributed by atoms with Gasteiger partial charge in [0, 0.05) is 31.7 Å². The van der Waals surface area contributed by atoms with E-state index in [1.807, 2.05) is 0 Å². The average molecular weight is 474 g/mol. The number of rotatable bonds is 10. The lowest BCUT2D eigenvalue weighted by atomic mass is 10.0. The summed E-state index contributed by atoms with van der Waals surface area (Å²) in [4.78, 5) is 7.48. The van der Waals surface area contributed by atoms with E-state index in [0.29, 0.717) is 0 Å². The quantitative estimate of drug-likeness (QED) is 0.205. The number of aryl methyl sites for hydroxylation is 1. The van der Waals surface area contributed by atoms with E-state index in [4.69, 9.17) is 4.98 Å². The summed E-state index contributed by atoms with van der Waals surface area (Å²) in [6.45, 7) is 8.09. The van der Waals surface area contributed by atoms with Gasteiger partial charge in [0.2, 0.25) is 0 Å². The van der Waals surface area contributed by atoms with Crippen LogP contribution < -0.4 is 0 Å². The van der Waals surface area contributed by atoms with Gasteiger partial charge < -0.3 is 4.57 Å². The maximum Gasteiger partial charge on any atom is 0.140 e. The molecule has 1 heterocycles. The molecule has 3 nitrogen and oxygen atoms in total. The molecule has 0 radical (unpaired) electrons. The van der Waals surface area contributed by atoms with Crippen molar-refractivity contribution in [3.8, 4) is 11.4 Å². The molecule has 0 spiro atoms. The lowest BCUT2D eigenvalue weighted by Crippen LogP contribution is -2.24. The van der Waals surface area contributed by atoms with Crippen LogP contribution in [0, 0.1) is 6.92 Å². The van der Waals surface area contributed by atoms with Gasteiger partial charge in [-0.05, 0) is 40.8 Å². The normalized spacial score (nSPS) is 11.4. The van der Waals surface area contributed by atoms with E-state index in [1.54, 1.807) is 0 Å². The van der Waals surface area contributed by atoms with E-state index in [-0.39, 0.29) is 0 Å². The van der Waals surface area contributed by atoms with Crippen LogP contribution in [0.15, 0.2) is 103 Å². The van der Waals surface area contributed by atoms with Crippen molar-refractivity contribution in [2.45, 2.75) is 52.9 Å². The average Bonchev–Trinajstić information content (AvgIpc) is 3.31. The van der Waals surface area contributed by atoms with Crippen molar-refractivity contribution in [3.63, 3.8) is 0 Å². The molecule has 0 N–H and O–H groups in total. The third-order valence-corrected chi connectivity index (χ3v) is 7.02. The Hall–Kier alpha value is -3.69. The van der Waals surface area contributed by atoms with Crippen molar-refractivity contribution < 1.29 is 0 Å². The second-order valence-electron chi connectivity index (χ2n) is 9.65. The second-order valence-corrected chi connectivity index (χ2v) is 9.65. The first-order valence-electron chi connectivity index (χ1n) is 13.1. The minimum Gasteiger partial charge on any atom is -0.327 e. The van der Waals surface area contributed by atoms with Gasteiger partial charge in [-0.2, -0.15) is 0 Å². The van der Waals surface area contributed by atoms with E-state index in [1.165, 1.54) is 38.7 Å². The molecular formula is C33H35N3. The van der Waals surface area contributed by atoms with E-state index in [2.05, 4.69) is 127 Å². The van der Waals surface area contributed by atoms with Crippen LogP contribution in [-0.2, 0) is 26.2 Å². The largest absolute Gasteiger partial charge is 0.327 e. The van der Waals surface area contributed by atoms with E-state index in [0.717, 1.165) is 44.8 Å². The zero-order valence-corrected chi connectivity index (χ0v) is 21.4. The molecule has 0 aliphatic heterocycles. The van der Waals surface area contributed by atoms with Crippen LogP contribution >= 0.6 is 0 Å². The Morgan fingerprint density at radius 1 is 0.722 bits per heavy atom. The van der Waals surface area contributed by atoms with Crippen LogP contribution in [0.4, 0.5) is 0 Å². The van der Waals surface area contributed by atoms with Crippen LogP contribution in [-0.4, -0.2) is 14.5 Å². The Kier molecular flexibility index (Phi) is 7.58. The topological polar surface area (TPSA) is 21.1 Å². The number of fused-ring (bicyclic) bond motifs is 1. The van der Waals surface area contributed by atoms with Crippen LogP contribution in [0.25, 0.3) is 22.2 Å². The first-order chi connectivity index (χ1) is 17.7. The Morgan fingerprint density at radius 3 is 2.25 bits per heavy atom. The molecule has 182 valence electrons. The molecule has 0 aliphatic rings. The molecule has 3 heteroatoms. The molecule has 0 amide bonds. The summed E-state index contributed by atoms with van der Waals surface area (Å²) in [5.74, 6) is 1.07. The number of unbranched alkanes of at least 4 members (excludes halogenated alkanes) is 1. The van der Waals surface area contributed by atoms with E-state index >= 15 is 0 Å². The number of hydrogen-bond donors (Lipinski definition) is 0. The van der Waals surface area contributed by atoms with Gasteiger partial charge >= 0.3 is 0 Å². The number of hydrogen-bond acceptors (Lipinski definition) is 2. The van der Waals surface area contributed by atoms with Gasteiger partial charge in [0.05, 0.1) is 11.9 Å². The number of aromatic nitrogens is 2. The van der Waals surface area contributed by atoms with Crippen molar-refractivity contribution >= 4 is 10.8 Å². The van der Waals surface area contributed by atoms with Gasteiger partial charge in [0.1, 0.15) is 5.82 Å². The van der Waals surface area contributed by atoms with Gasteiger partial charge in [0.25, 0.3) is 0 Å². The van der Waals surface area contributed by atoms with Crippen molar-refractivity contribution in [2.75, 3.05) is 0 Å². The predicted octanol–water partition coefficient (Wildman–Crippen LogP) is 8.01. The van der Waals surface area contributed by atoms with Crippen molar-refractivity contribution in [1.82, 2.24) is 14.5 Å². The molecule has 0 saturated carbocycles. The fourth-order valence-electron chi connectivity index (χ4n) is 5.02. The third kappa shape index (κ3) is 5.42. The van der Waals surface area contributed by atoms with Crippen molar-refractivity contribution in [3.05, 3.63) is 126 Å². The minimum absolute atomic E-state index is 0.848. The number of nitrogens with zero attached hydrogens (tertiary/aromatic N) is 3. The second kappa shape index (κ2) is 11.4. The third-order valence-electron chi connectivity index (χ3n) is 7.02. The highest BCUT2D eigenvalue weighted by Crippen LogP contribution is 2.25. The summed E-state index contributed by atoms with van der Waals surface area (Å²) >= 11 is 0. The van der Waals surface area contributed by atoms with Crippen LogP contribution in [0.3, 0.4) is 0 Å². The van der Waals surface area contributed by atoms with Gasteiger partial charge in [-0.1, -0.05) is 110 Å². The maximum absolute atomic E-state index is 4.91. The van der Waals surface area contributed by atoms with E-state index < -0.39 is 0 Å². The Morgan fingerprint density at radius 2 is 1.42 bits per heavy atom. The monoisotopic (exact) mass is 473 g/mol. The highest BCUT2D eigenvalue weighted by molar-refractivity contribution is 5.85. The maximum atomic E-state index is 4.91. The standard InChI is InChI=1S/C33H35N3/c1-3-4-21-36-31(22-34-33(36)28-15-6-5-7-16-28)25-35(23-29-17-9-8-13-26(29)2)24-30-19-12-18-27-14-10-11-20-32(27)30/h5-20,22H,3-4,21,23-25H2,1-2H3. The summed E-state index contributed by atoms with van der Waals surface area (Å²) in [5.41, 5.74) is 6.53. The molecular weight excluding hydrogens is 438 g/mol. The highest BCUT2D eigenvalue weighted by Gasteiger charge is 2.17. The molecule has 5 aromatic rings. The molecule has 0 unspecified atom stereocenters. The number of benzene rings is 4. The first-order valence-corrected chi connectivity index (χ1v) is 13.1. The summed E-state index contributed by atoms with van der Waals surface area (Å²) in [6.07, 6.45) is 4.39. The first kappa shape index (κ1) is 24.0. The molecule has 0 bridgehead atoms. The molecule has 0 fully saturated rings. The molecule has 0 atom stereocenters. The highest BCUT2D eigenvalue weighted by atomic mass is 15.2. The summed E-state index contributed by atoms with van der Waals surface area (Å²) in [5, 5.41) is 2.63. The fourth-order valence-corrected chi connectivity index (χ4v) is 5.02. The van der Waals surface area contributed by atoms with Crippen molar-refractivity contribution in [1.29, 1.82) is 0 Å². The van der Waals surface area contributed by atoms with Gasteiger partial charge in [-0.3, -0.25) is 4.90 Å². The summed E-state index contributed by atoms with van der Waals surface area (Å²) in [6, 6.07) is 34.7. The lowest BCUT2D eigenvalue weighted by Gasteiger charge is -2.25. The molecule has 1 aromatic heterocycles. The predicted molar refractivity (Wildman–Crippen MR) is 151 cm³/mol. The minimum atomic E-state index is 0.848. The Labute approximate surface area is 215 Å². The molecule has 0 saturated heterocycles. The van der Waals surface area contributed by atoms with Crippen LogP contribution in [0.5, 0.6) is 0 Å². The lowest BCUT2D eigenvalue weighted by molar-refractivity contribution is 0.241. The Balaban J connectivity index is 1.51. The molecule has 5 rings (SSSR count). The molecule has 4 aromatic carbocycles.